The average molecular weight is 186 g/mol. The highest BCUT2D eigenvalue weighted by Crippen LogP contribution is 2.44. The van der Waals surface area contributed by atoms with Crippen LogP contribution in [0.25, 0.3) is 0 Å². The Bertz CT molecular complexity index is 156. The molecule has 0 aromatic rings. The minimum atomic E-state index is -1.26. The zero-order chi connectivity index (χ0) is 9.99. The minimum Gasteiger partial charge on any atom is -0.303 e. The largest absolute Gasteiger partial charge is 0.303 e. The molecule has 0 aromatic heterocycles. The van der Waals surface area contributed by atoms with E-state index in [9.17, 15) is 4.79 Å². The van der Waals surface area contributed by atoms with E-state index >= 15 is 0 Å². The summed E-state index contributed by atoms with van der Waals surface area (Å²) in [4.78, 5) is 10.4. The molecule has 72 valence electrons. The van der Waals surface area contributed by atoms with Crippen LogP contribution >= 0.6 is 0 Å². The Balaban J connectivity index is 4.48. The van der Waals surface area contributed by atoms with E-state index in [1.54, 1.807) is 0 Å². The molecular formula is C10H22OSi. The highest BCUT2D eigenvalue weighted by atomic mass is 28.3. The number of carbonyl (C=O) groups is 1. The molecular weight excluding hydrogens is 164 g/mol. The quantitative estimate of drug-likeness (QED) is 0.487. The van der Waals surface area contributed by atoms with Gasteiger partial charge < -0.3 is 4.79 Å². The fraction of sp³-hybridized carbons (Fsp3) is 0.900. The van der Waals surface area contributed by atoms with E-state index in [1.807, 2.05) is 0 Å². The summed E-state index contributed by atoms with van der Waals surface area (Å²) in [6, 6.07) is 0. The molecule has 0 aliphatic rings. The molecule has 0 aliphatic heterocycles. The summed E-state index contributed by atoms with van der Waals surface area (Å²) in [6.45, 7) is 13.8. The van der Waals surface area contributed by atoms with Crippen molar-refractivity contribution in [1.82, 2.24) is 0 Å². The maximum absolute atomic E-state index is 10.4. The molecule has 0 saturated carbocycles. The molecule has 0 bridgehead atoms. The van der Waals surface area contributed by atoms with Crippen molar-refractivity contribution in [3.05, 3.63) is 0 Å². The van der Waals surface area contributed by atoms with E-state index in [0.717, 1.165) is 12.7 Å². The molecule has 0 amide bonds. The molecule has 0 radical (unpaired) electrons. The van der Waals surface area contributed by atoms with Crippen molar-refractivity contribution in [2.24, 2.45) is 0 Å². The number of aldehydes is 1. The van der Waals surface area contributed by atoms with Gasteiger partial charge in [-0.25, -0.2) is 0 Å². The van der Waals surface area contributed by atoms with Crippen molar-refractivity contribution in [2.45, 2.75) is 57.8 Å². The van der Waals surface area contributed by atoms with Crippen molar-refractivity contribution in [1.29, 1.82) is 0 Å². The van der Waals surface area contributed by atoms with Gasteiger partial charge in [0.15, 0.2) is 0 Å². The predicted molar refractivity (Wildman–Crippen MR) is 57.3 cm³/mol. The van der Waals surface area contributed by atoms with Gasteiger partial charge in [-0.15, -0.1) is 0 Å². The van der Waals surface area contributed by atoms with Gasteiger partial charge in [0.25, 0.3) is 0 Å². The second-order valence-electron chi connectivity index (χ2n) is 5.28. The Morgan fingerprint density at radius 3 is 2.00 bits per heavy atom. The zero-order valence-corrected chi connectivity index (χ0v) is 10.3. The normalized spacial score (nSPS) is 15.8. The maximum Gasteiger partial charge on any atom is 0.119 e. The molecule has 2 heteroatoms. The highest BCUT2D eigenvalue weighted by Gasteiger charge is 2.39. The Morgan fingerprint density at radius 1 is 1.33 bits per heavy atom. The van der Waals surface area contributed by atoms with Gasteiger partial charge in [0.2, 0.25) is 0 Å². The van der Waals surface area contributed by atoms with Gasteiger partial charge in [-0.3, -0.25) is 0 Å². The van der Waals surface area contributed by atoms with Gasteiger partial charge in [0, 0.05) is 6.42 Å². The predicted octanol–water partition coefficient (Wildman–Crippen LogP) is 3.47. The van der Waals surface area contributed by atoms with Crippen LogP contribution in [-0.2, 0) is 4.79 Å². The second kappa shape index (κ2) is 3.73. The number of hydrogen-bond donors (Lipinski definition) is 0. The van der Waals surface area contributed by atoms with E-state index in [0.29, 0.717) is 10.6 Å². The van der Waals surface area contributed by atoms with Crippen LogP contribution in [0, 0.1) is 0 Å². The summed E-state index contributed by atoms with van der Waals surface area (Å²) < 4.78 is 0. The molecule has 0 aromatic carbocycles. The maximum atomic E-state index is 10.4. The first kappa shape index (κ1) is 11.9. The lowest BCUT2D eigenvalue weighted by Gasteiger charge is -2.41. The van der Waals surface area contributed by atoms with E-state index in [4.69, 9.17) is 0 Å². The lowest BCUT2D eigenvalue weighted by atomic mass is 10.2. The molecule has 12 heavy (non-hydrogen) atoms. The second-order valence-corrected chi connectivity index (χ2v) is 11.2. The van der Waals surface area contributed by atoms with Crippen LogP contribution in [0.1, 0.15) is 34.1 Å². The molecule has 0 spiro atoms. The third-order valence-electron chi connectivity index (χ3n) is 3.61. The molecule has 0 heterocycles. The Labute approximate surface area is 77.6 Å². The van der Waals surface area contributed by atoms with Gasteiger partial charge in [0.05, 0.1) is 8.07 Å². The Morgan fingerprint density at radius 2 is 1.75 bits per heavy atom. The van der Waals surface area contributed by atoms with E-state index in [-0.39, 0.29) is 0 Å². The summed E-state index contributed by atoms with van der Waals surface area (Å²) in [7, 11) is -1.26. The summed E-state index contributed by atoms with van der Waals surface area (Å²) in [5.74, 6) is 0. The van der Waals surface area contributed by atoms with Crippen molar-refractivity contribution >= 4 is 14.4 Å². The van der Waals surface area contributed by atoms with Crippen molar-refractivity contribution in [2.75, 3.05) is 0 Å². The number of carbonyl (C=O) groups excluding carboxylic acids is 1. The van der Waals surface area contributed by atoms with Gasteiger partial charge >= 0.3 is 0 Å². The highest BCUT2D eigenvalue weighted by molar-refractivity contribution is 6.81. The molecule has 1 unspecified atom stereocenters. The molecule has 1 nitrogen and oxygen atoms in total. The van der Waals surface area contributed by atoms with Crippen LogP contribution in [0.3, 0.4) is 0 Å². The molecule has 0 N–H and O–H groups in total. The minimum absolute atomic E-state index is 0.398. The molecule has 0 aliphatic carbocycles. The first-order chi connectivity index (χ1) is 5.23. The van der Waals surface area contributed by atoms with Crippen LogP contribution in [0.15, 0.2) is 0 Å². The fourth-order valence-corrected chi connectivity index (χ4v) is 3.34. The first-order valence-corrected chi connectivity index (χ1v) is 7.75. The summed E-state index contributed by atoms with van der Waals surface area (Å²) in [6.07, 6.45) is 1.79. The lowest BCUT2D eigenvalue weighted by Crippen LogP contribution is -2.41. The topological polar surface area (TPSA) is 17.1 Å². The van der Waals surface area contributed by atoms with Gasteiger partial charge in [-0.2, -0.15) is 0 Å². The fourth-order valence-electron chi connectivity index (χ4n) is 1.18. The van der Waals surface area contributed by atoms with E-state index in [2.05, 4.69) is 40.8 Å². The third-order valence-corrected chi connectivity index (χ3v) is 10.2. The number of hydrogen-bond acceptors (Lipinski definition) is 1. The molecule has 0 rings (SSSR count). The van der Waals surface area contributed by atoms with Crippen LogP contribution in [0.5, 0.6) is 0 Å². The zero-order valence-electron chi connectivity index (χ0n) is 9.27. The standard InChI is InChI=1S/C10H22OSi/c1-9(7-8-11)12(5,6)10(2,3)4/h8-9H,7H2,1-6H3. The smallest absolute Gasteiger partial charge is 0.119 e. The summed E-state index contributed by atoms with van der Waals surface area (Å²) in [5, 5.41) is 0.398. The number of rotatable bonds is 3. The summed E-state index contributed by atoms with van der Waals surface area (Å²) in [5.41, 5.74) is 0.593. The van der Waals surface area contributed by atoms with Gasteiger partial charge in [0.1, 0.15) is 6.29 Å². The third kappa shape index (κ3) is 2.44. The Hall–Kier alpha value is -0.113. The van der Waals surface area contributed by atoms with Crippen LogP contribution in [0.2, 0.25) is 23.7 Å². The molecule has 0 saturated heterocycles. The van der Waals surface area contributed by atoms with Crippen molar-refractivity contribution in [3.8, 4) is 0 Å². The van der Waals surface area contributed by atoms with E-state index < -0.39 is 8.07 Å². The Kier molecular flexibility index (Phi) is 3.70. The average Bonchev–Trinajstić information content (AvgIpc) is 1.85. The van der Waals surface area contributed by atoms with Crippen LogP contribution < -0.4 is 0 Å². The van der Waals surface area contributed by atoms with Crippen molar-refractivity contribution < 1.29 is 4.79 Å². The SMILES string of the molecule is CC(CC=O)[Si](C)(C)C(C)(C)C. The lowest BCUT2D eigenvalue weighted by molar-refractivity contribution is -0.107. The van der Waals surface area contributed by atoms with Crippen LogP contribution in [-0.4, -0.2) is 14.4 Å². The summed E-state index contributed by atoms with van der Waals surface area (Å²) >= 11 is 0. The monoisotopic (exact) mass is 186 g/mol. The van der Waals surface area contributed by atoms with Crippen molar-refractivity contribution in [3.63, 3.8) is 0 Å². The van der Waals surface area contributed by atoms with Gasteiger partial charge in [-0.05, 0) is 10.6 Å². The first-order valence-electron chi connectivity index (χ1n) is 4.67. The molecule has 0 fully saturated rings. The van der Waals surface area contributed by atoms with E-state index in [1.165, 1.54) is 0 Å². The molecule has 1 atom stereocenters. The van der Waals surface area contributed by atoms with Crippen LogP contribution in [0.4, 0.5) is 0 Å². The van der Waals surface area contributed by atoms with Gasteiger partial charge in [-0.1, -0.05) is 40.8 Å².